The maximum atomic E-state index is 2.44. The highest BCUT2D eigenvalue weighted by Gasteiger charge is 2.48. The lowest BCUT2D eigenvalue weighted by atomic mass is 9.52. The van der Waals surface area contributed by atoms with Crippen LogP contribution in [0.25, 0.3) is 0 Å². The number of hydrogen-bond acceptors (Lipinski definition) is 0. The predicted molar refractivity (Wildman–Crippen MR) is 86.9 cm³/mol. The van der Waals surface area contributed by atoms with Gasteiger partial charge in [0.1, 0.15) is 0 Å². The number of rotatable bonds is 0. The maximum absolute atomic E-state index is 2.44. The minimum atomic E-state index is 0.213. The van der Waals surface area contributed by atoms with Crippen LogP contribution in [0, 0.1) is 17.3 Å². The summed E-state index contributed by atoms with van der Waals surface area (Å²) >= 11 is 0. The van der Waals surface area contributed by atoms with Crippen molar-refractivity contribution < 1.29 is 0 Å². The summed E-state index contributed by atoms with van der Waals surface area (Å²) in [6, 6.07) is 9.10. The fourth-order valence-electron chi connectivity index (χ4n) is 4.45. The first-order chi connectivity index (χ1) is 9.33. The van der Waals surface area contributed by atoms with Crippen LogP contribution in [0.1, 0.15) is 51.7 Å². The molecule has 0 aliphatic heterocycles. The molecule has 1 aromatic rings. The first kappa shape index (κ1) is 13.7. The Labute approximate surface area is 123 Å². The highest BCUT2D eigenvalue weighted by atomic mass is 14.5. The molecule has 0 bridgehead atoms. The topological polar surface area (TPSA) is 0 Å². The van der Waals surface area contributed by atoms with Crippen LogP contribution in [0.4, 0.5) is 0 Å². The lowest BCUT2D eigenvalue weighted by Gasteiger charge is -2.52. The standard InChI is InChI=1S/C20H26/c1-19(2,3)18-14-10-6-8-12-16(14)20(4,5)17-13-9-7-11-15(17)18/h6-14,16,18H,1-5H3. The van der Waals surface area contributed by atoms with Crippen molar-refractivity contribution in [3.8, 4) is 0 Å². The highest BCUT2D eigenvalue weighted by molar-refractivity contribution is 5.45. The number of fused-ring (bicyclic) bond motifs is 2. The van der Waals surface area contributed by atoms with E-state index in [9.17, 15) is 0 Å². The van der Waals surface area contributed by atoms with E-state index in [1.165, 1.54) is 0 Å². The number of benzene rings is 1. The molecule has 0 heterocycles. The van der Waals surface area contributed by atoms with Crippen LogP contribution in [0.15, 0.2) is 48.6 Å². The van der Waals surface area contributed by atoms with Crippen molar-refractivity contribution in [3.63, 3.8) is 0 Å². The zero-order chi connectivity index (χ0) is 14.5. The van der Waals surface area contributed by atoms with Gasteiger partial charge in [0, 0.05) is 0 Å². The van der Waals surface area contributed by atoms with E-state index in [2.05, 4.69) is 83.2 Å². The normalized spacial score (nSPS) is 30.8. The fraction of sp³-hybridized carbons (Fsp3) is 0.500. The van der Waals surface area contributed by atoms with Crippen LogP contribution in [0.3, 0.4) is 0 Å². The van der Waals surface area contributed by atoms with Gasteiger partial charge in [0.15, 0.2) is 0 Å². The van der Waals surface area contributed by atoms with Gasteiger partial charge < -0.3 is 0 Å². The van der Waals surface area contributed by atoms with Crippen LogP contribution in [0.5, 0.6) is 0 Å². The molecule has 0 saturated heterocycles. The SMILES string of the molecule is CC(C)(C)C1c2ccccc2C(C)(C)C2C=CC=CC12. The molecule has 0 nitrogen and oxygen atoms in total. The Morgan fingerprint density at radius 1 is 0.950 bits per heavy atom. The van der Waals surface area contributed by atoms with Crippen LogP contribution >= 0.6 is 0 Å². The molecule has 0 fully saturated rings. The van der Waals surface area contributed by atoms with Crippen LogP contribution < -0.4 is 0 Å². The Bertz CT molecular complexity index is 566. The van der Waals surface area contributed by atoms with Gasteiger partial charge in [-0.1, -0.05) is 83.2 Å². The summed E-state index contributed by atoms with van der Waals surface area (Å²) in [7, 11) is 0. The van der Waals surface area contributed by atoms with Gasteiger partial charge in [-0.25, -0.2) is 0 Å². The first-order valence-electron chi connectivity index (χ1n) is 7.78. The van der Waals surface area contributed by atoms with Gasteiger partial charge in [-0.3, -0.25) is 0 Å². The van der Waals surface area contributed by atoms with Crippen LogP contribution in [-0.2, 0) is 5.41 Å². The number of allylic oxidation sites excluding steroid dienone is 4. The van der Waals surface area contributed by atoms with E-state index >= 15 is 0 Å². The van der Waals surface area contributed by atoms with E-state index in [1.54, 1.807) is 11.1 Å². The lowest BCUT2D eigenvalue weighted by molar-refractivity contribution is 0.162. The second-order valence-corrected chi connectivity index (χ2v) is 8.03. The molecule has 2 aliphatic carbocycles. The summed E-state index contributed by atoms with van der Waals surface area (Å²) in [5.74, 6) is 1.81. The maximum Gasteiger partial charge on any atom is -0.00320 e. The Morgan fingerprint density at radius 2 is 1.60 bits per heavy atom. The molecular formula is C20H26. The molecule has 0 aromatic heterocycles. The molecule has 3 rings (SSSR count). The van der Waals surface area contributed by atoms with Crippen molar-refractivity contribution in [2.45, 2.75) is 46.0 Å². The van der Waals surface area contributed by atoms with Gasteiger partial charge in [0.2, 0.25) is 0 Å². The molecular weight excluding hydrogens is 240 g/mol. The molecule has 106 valence electrons. The van der Waals surface area contributed by atoms with Crippen LogP contribution in [0.2, 0.25) is 0 Å². The molecule has 3 atom stereocenters. The minimum Gasteiger partial charge on any atom is -0.0802 e. The Hall–Kier alpha value is -1.30. The fourth-order valence-corrected chi connectivity index (χ4v) is 4.45. The third kappa shape index (κ3) is 1.89. The average molecular weight is 266 g/mol. The zero-order valence-electron chi connectivity index (χ0n) is 13.4. The second kappa shape index (κ2) is 4.35. The molecule has 0 N–H and O–H groups in total. The van der Waals surface area contributed by atoms with Gasteiger partial charge in [-0.2, -0.15) is 0 Å². The summed E-state index contributed by atoms with van der Waals surface area (Å²) < 4.78 is 0. The van der Waals surface area contributed by atoms with Gasteiger partial charge in [0.25, 0.3) is 0 Å². The minimum absolute atomic E-state index is 0.213. The smallest absolute Gasteiger partial charge is 0.00320 e. The Balaban J connectivity index is 2.25. The summed E-state index contributed by atoms with van der Waals surface area (Å²) in [6.07, 6.45) is 9.35. The first-order valence-corrected chi connectivity index (χ1v) is 7.78. The molecule has 20 heavy (non-hydrogen) atoms. The van der Waals surface area contributed by atoms with Crippen molar-refractivity contribution in [1.82, 2.24) is 0 Å². The Kier molecular flexibility index (Phi) is 2.97. The average Bonchev–Trinajstić information content (AvgIpc) is 2.38. The summed E-state index contributed by atoms with van der Waals surface area (Å²) in [5, 5.41) is 0. The highest BCUT2D eigenvalue weighted by Crippen LogP contribution is 2.56. The van der Waals surface area contributed by atoms with E-state index in [1.807, 2.05) is 0 Å². The molecule has 0 radical (unpaired) electrons. The third-order valence-electron chi connectivity index (χ3n) is 5.32. The van der Waals surface area contributed by atoms with Crippen molar-refractivity contribution in [2.75, 3.05) is 0 Å². The predicted octanol–water partition coefficient (Wildman–Crippen LogP) is 5.47. The van der Waals surface area contributed by atoms with E-state index in [4.69, 9.17) is 0 Å². The van der Waals surface area contributed by atoms with E-state index in [0.717, 1.165) is 0 Å². The van der Waals surface area contributed by atoms with Gasteiger partial charge >= 0.3 is 0 Å². The van der Waals surface area contributed by atoms with Gasteiger partial charge in [-0.05, 0) is 39.7 Å². The summed E-state index contributed by atoms with van der Waals surface area (Å²) in [4.78, 5) is 0. The third-order valence-corrected chi connectivity index (χ3v) is 5.32. The van der Waals surface area contributed by atoms with E-state index in [-0.39, 0.29) is 10.8 Å². The van der Waals surface area contributed by atoms with E-state index in [0.29, 0.717) is 17.8 Å². The van der Waals surface area contributed by atoms with Crippen molar-refractivity contribution in [2.24, 2.45) is 17.3 Å². The van der Waals surface area contributed by atoms with Crippen molar-refractivity contribution >= 4 is 0 Å². The monoisotopic (exact) mass is 266 g/mol. The second-order valence-electron chi connectivity index (χ2n) is 8.03. The zero-order valence-corrected chi connectivity index (χ0v) is 13.4. The van der Waals surface area contributed by atoms with Crippen molar-refractivity contribution in [1.29, 1.82) is 0 Å². The van der Waals surface area contributed by atoms with Gasteiger partial charge in [-0.15, -0.1) is 0 Å². The van der Waals surface area contributed by atoms with Crippen LogP contribution in [-0.4, -0.2) is 0 Å². The largest absolute Gasteiger partial charge is 0.0802 e. The summed E-state index contributed by atoms with van der Waals surface area (Å²) in [6.45, 7) is 12.0. The molecule has 3 unspecified atom stereocenters. The Morgan fingerprint density at radius 3 is 2.30 bits per heavy atom. The molecule has 1 aromatic carbocycles. The van der Waals surface area contributed by atoms with Crippen molar-refractivity contribution in [3.05, 3.63) is 59.7 Å². The number of hydrogen-bond donors (Lipinski definition) is 0. The van der Waals surface area contributed by atoms with Gasteiger partial charge in [0.05, 0.1) is 0 Å². The summed E-state index contributed by atoms with van der Waals surface area (Å²) in [5.41, 5.74) is 3.60. The molecule has 0 saturated carbocycles. The lowest BCUT2D eigenvalue weighted by Crippen LogP contribution is -2.44. The quantitative estimate of drug-likeness (QED) is 0.584. The molecule has 0 amide bonds. The molecule has 0 heteroatoms. The van der Waals surface area contributed by atoms with E-state index < -0.39 is 0 Å². The molecule has 2 aliphatic rings. The molecule has 0 spiro atoms.